The van der Waals surface area contributed by atoms with Crippen molar-refractivity contribution in [2.75, 3.05) is 26.2 Å². The van der Waals surface area contributed by atoms with Crippen LogP contribution >= 0.6 is 0 Å². The number of benzene rings is 1. The number of nitriles is 2. The van der Waals surface area contributed by atoms with Crippen LogP contribution in [-0.2, 0) is 5.54 Å². The maximum Gasteiger partial charge on any atom is 0.253 e. The molecule has 1 N–H and O–H groups in total. The van der Waals surface area contributed by atoms with Gasteiger partial charge in [-0.25, -0.2) is 13.8 Å². The first-order valence-corrected chi connectivity index (χ1v) is 12.7. The number of hydrogen-bond donors (Lipinski definition) is 1. The molecule has 2 fully saturated rings. The minimum atomic E-state index is -0.696. The van der Waals surface area contributed by atoms with Crippen LogP contribution in [0.1, 0.15) is 35.2 Å². The highest BCUT2D eigenvalue weighted by Crippen LogP contribution is 2.38. The van der Waals surface area contributed by atoms with Crippen molar-refractivity contribution in [2.24, 2.45) is 0 Å². The number of rotatable bonds is 5. The van der Waals surface area contributed by atoms with Crippen molar-refractivity contribution in [3.63, 3.8) is 0 Å². The Labute approximate surface area is 222 Å². The third kappa shape index (κ3) is 4.21. The largest absolute Gasteiger partial charge is 0.346 e. The average molecular weight is 527 g/mol. The lowest BCUT2D eigenvalue weighted by Crippen LogP contribution is -2.66. The van der Waals surface area contributed by atoms with Crippen molar-refractivity contribution < 1.29 is 13.6 Å². The third-order valence-corrected chi connectivity index (χ3v) is 7.91. The first-order valence-electron chi connectivity index (χ1n) is 12.7. The highest BCUT2D eigenvalue weighted by Gasteiger charge is 2.48. The number of nitrogens with one attached hydrogen (secondary N) is 1. The van der Waals surface area contributed by atoms with Crippen LogP contribution in [-0.4, -0.2) is 67.7 Å². The predicted octanol–water partition coefficient (Wildman–Crippen LogP) is 3.81. The van der Waals surface area contributed by atoms with E-state index in [9.17, 15) is 18.8 Å². The zero-order valence-corrected chi connectivity index (χ0v) is 20.9. The molecule has 0 aliphatic carbocycles. The van der Waals surface area contributed by atoms with E-state index in [1.807, 2.05) is 0 Å². The van der Waals surface area contributed by atoms with Gasteiger partial charge in [0.05, 0.1) is 30.4 Å². The van der Waals surface area contributed by atoms with E-state index in [1.54, 1.807) is 40.3 Å². The van der Waals surface area contributed by atoms with Crippen LogP contribution in [0.5, 0.6) is 0 Å². The molecular formula is C28H24F2N8O. The van der Waals surface area contributed by atoms with Crippen molar-refractivity contribution in [2.45, 2.75) is 30.8 Å². The summed E-state index contributed by atoms with van der Waals surface area (Å²) in [6.45, 7) is 2.32. The van der Waals surface area contributed by atoms with Gasteiger partial charge in [0, 0.05) is 66.7 Å². The maximum absolute atomic E-state index is 14.8. The smallest absolute Gasteiger partial charge is 0.253 e. The molecule has 39 heavy (non-hydrogen) atoms. The fourth-order valence-electron chi connectivity index (χ4n) is 5.80. The minimum Gasteiger partial charge on any atom is -0.346 e. The Morgan fingerprint density at radius 2 is 1.92 bits per heavy atom. The molecule has 1 aromatic carbocycles. The van der Waals surface area contributed by atoms with Gasteiger partial charge in [-0.05, 0) is 37.1 Å². The van der Waals surface area contributed by atoms with Crippen molar-refractivity contribution in [3.8, 4) is 23.3 Å². The van der Waals surface area contributed by atoms with Crippen molar-refractivity contribution in [3.05, 3.63) is 71.8 Å². The molecular weight excluding hydrogens is 502 g/mol. The summed E-state index contributed by atoms with van der Waals surface area (Å²) in [5, 5.41) is 23.7. The number of H-pyrrole nitrogens is 1. The van der Waals surface area contributed by atoms with E-state index < -0.39 is 17.2 Å². The molecule has 0 spiro atoms. The second kappa shape index (κ2) is 9.61. The van der Waals surface area contributed by atoms with Gasteiger partial charge in [0.2, 0.25) is 0 Å². The summed E-state index contributed by atoms with van der Waals surface area (Å²) in [6.07, 6.45) is 8.12. The van der Waals surface area contributed by atoms with Crippen LogP contribution in [0, 0.1) is 34.3 Å². The number of nitrogens with zero attached hydrogens (tertiary/aromatic N) is 7. The first-order chi connectivity index (χ1) is 18.9. The number of carbonyl (C=O) groups is 1. The Balaban J connectivity index is 1.13. The fourth-order valence-corrected chi connectivity index (χ4v) is 5.80. The molecule has 6 rings (SSSR count). The quantitative estimate of drug-likeness (QED) is 0.423. The third-order valence-electron chi connectivity index (χ3n) is 7.91. The highest BCUT2D eigenvalue weighted by atomic mass is 19.1. The summed E-state index contributed by atoms with van der Waals surface area (Å²) in [5.74, 6) is -1.38. The van der Waals surface area contributed by atoms with Gasteiger partial charge >= 0.3 is 0 Å². The molecule has 5 heterocycles. The summed E-state index contributed by atoms with van der Waals surface area (Å²) in [4.78, 5) is 24.0. The van der Waals surface area contributed by atoms with Crippen LogP contribution in [0.15, 0.2) is 49.1 Å². The van der Waals surface area contributed by atoms with Crippen LogP contribution in [0.2, 0.25) is 0 Å². The molecule has 2 aliphatic rings. The van der Waals surface area contributed by atoms with Crippen LogP contribution in [0.3, 0.4) is 0 Å². The standard InChI is InChI=1S/C28H24F2N8O/c29-23-11-18(1-2-19(23)12-32)27(39)36-9-4-21(5-10-36)37-16-28(17-37,6-7-31)38-15-20(13-35-38)25-22-3-8-33-26(22)34-14-24(25)30/h1-3,8,11,13-15,21H,4-6,9-10,16-17H2,(H,33,34). The number of aromatic amines is 1. The zero-order valence-electron chi connectivity index (χ0n) is 20.9. The molecule has 196 valence electrons. The SMILES string of the molecule is N#CCC1(n2cc(-c3c(F)cnc4[nH]ccc34)cn2)CN(C2CCN(C(=O)c3ccc(C#N)c(F)c3)CC2)C1. The Morgan fingerprint density at radius 1 is 1.13 bits per heavy atom. The predicted molar refractivity (Wildman–Crippen MR) is 137 cm³/mol. The van der Waals surface area contributed by atoms with E-state index >= 15 is 0 Å². The number of halogens is 2. The van der Waals surface area contributed by atoms with Gasteiger partial charge in [-0.2, -0.15) is 15.6 Å². The van der Waals surface area contributed by atoms with Crippen molar-refractivity contribution in [1.82, 2.24) is 29.5 Å². The lowest BCUT2D eigenvalue weighted by molar-refractivity contribution is -0.0412. The van der Waals surface area contributed by atoms with E-state index in [0.717, 1.165) is 18.9 Å². The molecule has 2 saturated heterocycles. The van der Waals surface area contributed by atoms with Gasteiger partial charge in [-0.1, -0.05) is 0 Å². The summed E-state index contributed by atoms with van der Waals surface area (Å²) in [7, 11) is 0. The first kappa shape index (κ1) is 24.7. The molecule has 2 aliphatic heterocycles. The van der Waals surface area contributed by atoms with E-state index in [2.05, 4.69) is 26.0 Å². The molecule has 1 amide bonds. The van der Waals surface area contributed by atoms with E-state index in [0.29, 0.717) is 48.3 Å². The number of likely N-dealkylation sites (tertiary alicyclic amines) is 2. The van der Waals surface area contributed by atoms with Gasteiger partial charge in [0.15, 0.2) is 0 Å². The zero-order chi connectivity index (χ0) is 27.1. The van der Waals surface area contributed by atoms with E-state index in [-0.39, 0.29) is 29.5 Å². The van der Waals surface area contributed by atoms with Crippen molar-refractivity contribution >= 4 is 16.9 Å². The second-order valence-corrected chi connectivity index (χ2v) is 10.2. The molecule has 3 aromatic heterocycles. The lowest BCUT2D eigenvalue weighted by Gasteiger charge is -2.53. The van der Waals surface area contributed by atoms with Gasteiger partial charge in [0.25, 0.3) is 5.91 Å². The number of amides is 1. The Bertz CT molecular complexity index is 1650. The number of carbonyl (C=O) groups excluding carboxylic acids is 1. The van der Waals surface area contributed by atoms with E-state index in [4.69, 9.17) is 5.26 Å². The van der Waals surface area contributed by atoms with Crippen LogP contribution in [0.4, 0.5) is 8.78 Å². The summed E-state index contributed by atoms with van der Waals surface area (Å²) in [5.41, 5.74) is 1.28. The normalized spacial score (nSPS) is 17.5. The number of aromatic nitrogens is 4. The maximum atomic E-state index is 14.8. The molecule has 11 heteroatoms. The molecule has 9 nitrogen and oxygen atoms in total. The molecule has 0 bridgehead atoms. The van der Waals surface area contributed by atoms with Gasteiger partial charge in [-0.15, -0.1) is 0 Å². The fraction of sp³-hybridized carbons (Fsp3) is 0.321. The molecule has 4 aromatic rings. The molecule has 0 radical (unpaired) electrons. The Kier molecular flexibility index (Phi) is 6.09. The van der Waals surface area contributed by atoms with Gasteiger partial charge < -0.3 is 9.88 Å². The summed E-state index contributed by atoms with van der Waals surface area (Å²) in [6, 6.07) is 10.0. The summed E-state index contributed by atoms with van der Waals surface area (Å²) < 4.78 is 30.5. The van der Waals surface area contributed by atoms with Crippen LogP contribution < -0.4 is 0 Å². The average Bonchev–Trinajstić information content (AvgIpc) is 3.60. The van der Waals surface area contributed by atoms with Crippen LogP contribution in [0.25, 0.3) is 22.2 Å². The monoisotopic (exact) mass is 526 g/mol. The number of hydrogen-bond acceptors (Lipinski definition) is 6. The topological polar surface area (TPSA) is 118 Å². The molecule has 0 saturated carbocycles. The van der Waals surface area contributed by atoms with Gasteiger partial charge in [0.1, 0.15) is 28.9 Å². The second-order valence-electron chi connectivity index (χ2n) is 10.2. The molecule has 0 unspecified atom stereocenters. The van der Waals surface area contributed by atoms with E-state index in [1.165, 1.54) is 18.3 Å². The Hall–Kier alpha value is -4.61. The van der Waals surface area contributed by atoms with Crippen molar-refractivity contribution in [1.29, 1.82) is 10.5 Å². The number of fused-ring (bicyclic) bond motifs is 1. The minimum absolute atomic E-state index is 0.0862. The number of piperidine rings is 1. The lowest BCUT2D eigenvalue weighted by atomic mass is 9.83. The van der Waals surface area contributed by atoms with Gasteiger partial charge in [-0.3, -0.25) is 14.4 Å². The number of pyridine rings is 1. The Morgan fingerprint density at radius 3 is 2.64 bits per heavy atom. The molecule has 0 atom stereocenters. The summed E-state index contributed by atoms with van der Waals surface area (Å²) >= 11 is 0. The highest BCUT2D eigenvalue weighted by molar-refractivity contribution is 5.94.